The first-order valence-electron chi connectivity index (χ1n) is 5.93. The number of imidazole rings is 1. The monoisotopic (exact) mass is 227 g/mol. The second-order valence-electron chi connectivity index (χ2n) is 4.62. The fraction of sp³-hybridized carbons (Fsp3) is 0.333. The molecule has 1 aromatic heterocycles. The van der Waals surface area contributed by atoms with Gasteiger partial charge < -0.3 is 9.79 Å². The molecular formula is C12H14BN3O. The predicted molar refractivity (Wildman–Crippen MR) is 68.7 cm³/mol. The van der Waals surface area contributed by atoms with Crippen molar-refractivity contribution in [1.29, 1.82) is 0 Å². The van der Waals surface area contributed by atoms with Gasteiger partial charge in [0.15, 0.2) is 14.3 Å². The van der Waals surface area contributed by atoms with Gasteiger partial charge in [-0.15, -0.1) is 0 Å². The topological polar surface area (TPSA) is 49.0 Å². The number of H-pyrrole nitrogens is 1. The lowest BCUT2D eigenvalue weighted by molar-refractivity contribution is 0.112. The third-order valence-electron chi connectivity index (χ3n) is 3.53. The summed E-state index contributed by atoms with van der Waals surface area (Å²) in [4.78, 5) is 21.2. The number of nitrogens with zero attached hydrogens (tertiary/aromatic N) is 2. The number of benzene rings is 1. The van der Waals surface area contributed by atoms with Crippen LogP contribution in [0.25, 0.3) is 11.0 Å². The van der Waals surface area contributed by atoms with Crippen LogP contribution in [0.2, 0.25) is 0 Å². The molecule has 0 aliphatic carbocycles. The Bertz CT molecular complexity index is 566. The van der Waals surface area contributed by atoms with Crippen LogP contribution in [-0.4, -0.2) is 35.6 Å². The molecule has 1 N–H and O–H groups in total. The number of rotatable bonds is 2. The van der Waals surface area contributed by atoms with Crippen molar-refractivity contribution in [3.63, 3.8) is 0 Å². The van der Waals surface area contributed by atoms with Crippen LogP contribution in [-0.2, 0) is 0 Å². The standard InChI is InChI=1S/C12H14BN3O/c13-16-6-2-5-10(16)12-14-9-4-1-3-8(7-17)11(9)15-12/h1,3-4,7,10H,2,5-6,13H2,(H,14,15)/t10-/m0/s1. The van der Waals surface area contributed by atoms with Crippen LogP contribution in [0.4, 0.5) is 0 Å². The quantitative estimate of drug-likeness (QED) is 0.616. The Balaban J connectivity index is 2.10. The summed E-state index contributed by atoms with van der Waals surface area (Å²) in [6.07, 6.45) is 3.22. The Hall–Kier alpha value is -1.62. The molecule has 1 aromatic carbocycles. The second-order valence-corrected chi connectivity index (χ2v) is 4.62. The molecule has 4 nitrogen and oxygen atoms in total. The molecule has 1 saturated heterocycles. The largest absolute Gasteiger partial charge is 0.340 e. The van der Waals surface area contributed by atoms with Gasteiger partial charge >= 0.3 is 0 Å². The molecule has 1 atom stereocenters. The van der Waals surface area contributed by atoms with E-state index in [1.807, 2.05) is 18.2 Å². The highest BCUT2D eigenvalue weighted by Crippen LogP contribution is 2.29. The minimum atomic E-state index is 0.363. The van der Waals surface area contributed by atoms with E-state index in [0.717, 1.165) is 36.1 Å². The molecule has 1 aliphatic rings. The number of carbonyl (C=O) groups is 1. The van der Waals surface area contributed by atoms with E-state index in [1.165, 1.54) is 6.42 Å². The minimum absolute atomic E-state index is 0.363. The molecule has 5 heteroatoms. The SMILES string of the molecule is BN1CCC[C@H]1c1nc2cccc(C=O)c2[nH]1. The fourth-order valence-corrected chi connectivity index (χ4v) is 2.58. The first kappa shape index (κ1) is 10.5. The molecule has 3 rings (SSSR count). The Kier molecular flexibility index (Phi) is 2.48. The highest BCUT2D eigenvalue weighted by molar-refractivity contribution is 6.04. The molecule has 0 saturated carbocycles. The van der Waals surface area contributed by atoms with Crippen molar-refractivity contribution in [3.8, 4) is 0 Å². The van der Waals surface area contributed by atoms with E-state index in [-0.39, 0.29) is 0 Å². The summed E-state index contributed by atoms with van der Waals surface area (Å²) in [5.74, 6) is 0.981. The van der Waals surface area contributed by atoms with Crippen LogP contribution in [0.15, 0.2) is 18.2 Å². The third-order valence-corrected chi connectivity index (χ3v) is 3.53. The van der Waals surface area contributed by atoms with Crippen molar-refractivity contribution in [1.82, 2.24) is 14.8 Å². The molecule has 0 radical (unpaired) electrons. The number of aldehydes is 1. The van der Waals surface area contributed by atoms with E-state index in [4.69, 9.17) is 0 Å². The van der Waals surface area contributed by atoms with Crippen molar-refractivity contribution in [2.75, 3.05) is 6.54 Å². The van der Waals surface area contributed by atoms with Crippen molar-refractivity contribution >= 4 is 25.3 Å². The van der Waals surface area contributed by atoms with Crippen LogP contribution in [0.5, 0.6) is 0 Å². The number of aromatic amines is 1. The zero-order valence-electron chi connectivity index (χ0n) is 9.81. The lowest BCUT2D eigenvalue weighted by Crippen LogP contribution is -2.20. The van der Waals surface area contributed by atoms with Gasteiger partial charge in [0, 0.05) is 5.56 Å². The van der Waals surface area contributed by atoms with E-state index in [0.29, 0.717) is 11.6 Å². The van der Waals surface area contributed by atoms with Gasteiger partial charge in [-0.25, -0.2) is 4.98 Å². The Morgan fingerprint density at radius 3 is 3.12 bits per heavy atom. The van der Waals surface area contributed by atoms with E-state index < -0.39 is 0 Å². The van der Waals surface area contributed by atoms with Crippen LogP contribution < -0.4 is 0 Å². The van der Waals surface area contributed by atoms with Crippen LogP contribution in [0, 0.1) is 0 Å². The summed E-state index contributed by atoms with van der Waals surface area (Å²) in [6.45, 7) is 1.11. The van der Waals surface area contributed by atoms with E-state index in [9.17, 15) is 4.79 Å². The van der Waals surface area contributed by atoms with Gasteiger partial charge in [0.05, 0.1) is 17.1 Å². The number of carbonyl (C=O) groups excluding carboxylic acids is 1. The number of hydrogen-bond acceptors (Lipinski definition) is 3. The first-order valence-corrected chi connectivity index (χ1v) is 5.93. The number of hydrogen-bond donors (Lipinski definition) is 1. The average Bonchev–Trinajstić information content (AvgIpc) is 2.93. The Morgan fingerprint density at radius 1 is 1.53 bits per heavy atom. The molecule has 0 bridgehead atoms. The predicted octanol–water partition coefficient (Wildman–Crippen LogP) is 1.06. The number of para-hydroxylation sites is 1. The first-order chi connectivity index (χ1) is 8.29. The Morgan fingerprint density at radius 2 is 2.41 bits per heavy atom. The fourth-order valence-electron chi connectivity index (χ4n) is 2.58. The molecule has 0 spiro atoms. The normalized spacial score (nSPS) is 21.1. The third kappa shape index (κ3) is 1.67. The van der Waals surface area contributed by atoms with Gasteiger partial charge in [-0.1, -0.05) is 6.07 Å². The maximum Gasteiger partial charge on any atom is 0.186 e. The molecule has 2 heterocycles. The summed E-state index contributed by atoms with van der Waals surface area (Å²) in [5, 5.41) is 0. The molecule has 0 amide bonds. The summed E-state index contributed by atoms with van der Waals surface area (Å²) < 4.78 is 0. The molecule has 86 valence electrons. The summed E-state index contributed by atoms with van der Waals surface area (Å²) >= 11 is 0. The zero-order valence-corrected chi connectivity index (χ0v) is 9.81. The molecule has 1 aliphatic heterocycles. The Labute approximate surface area is 100 Å². The van der Waals surface area contributed by atoms with Gasteiger partial charge in [0.1, 0.15) is 5.82 Å². The molecule has 0 unspecified atom stereocenters. The van der Waals surface area contributed by atoms with Crippen molar-refractivity contribution in [2.45, 2.75) is 18.9 Å². The minimum Gasteiger partial charge on any atom is -0.340 e. The maximum absolute atomic E-state index is 11.0. The van der Waals surface area contributed by atoms with E-state index in [1.54, 1.807) is 0 Å². The lowest BCUT2D eigenvalue weighted by atomic mass is 10.2. The lowest BCUT2D eigenvalue weighted by Gasteiger charge is -2.16. The maximum atomic E-state index is 11.0. The summed E-state index contributed by atoms with van der Waals surface area (Å²) in [5.41, 5.74) is 2.42. The van der Waals surface area contributed by atoms with Gasteiger partial charge in [-0.05, 0) is 31.5 Å². The highest BCUT2D eigenvalue weighted by atomic mass is 16.1. The van der Waals surface area contributed by atoms with E-state index >= 15 is 0 Å². The van der Waals surface area contributed by atoms with Crippen molar-refractivity contribution in [2.24, 2.45) is 0 Å². The van der Waals surface area contributed by atoms with Crippen LogP contribution in [0.1, 0.15) is 35.1 Å². The zero-order chi connectivity index (χ0) is 11.8. The van der Waals surface area contributed by atoms with Gasteiger partial charge in [0.2, 0.25) is 0 Å². The van der Waals surface area contributed by atoms with Crippen LogP contribution >= 0.6 is 0 Å². The summed E-state index contributed by atoms with van der Waals surface area (Å²) in [6, 6.07) is 5.99. The average molecular weight is 227 g/mol. The molecule has 17 heavy (non-hydrogen) atoms. The van der Waals surface area contributed by atoms with Crippen molar-refractivity contribution in [3.05, 3.63) is 29.6 Å². The van der Waals surface area contributed by atoms with Crippen LogP contribution in [0.3, 0.4) is 0 Å². The number of aromatic nitrogens is 2. The number of fused-ring (bicyclic) bond motifs is 1. The molecular weight excluding hydrogens is 213 g/mol. The van der Waals surface area contributed by atoms with Gasteiger partial charge in [-0.3, -0.25) is 4.79 Å². The van der Waals surface area contributed by atoms with Gasteiger partial charge in [-0.2, -0.15) is 0 Å². The summed E-state index contributed by atoms with van der Waals surface area (Å²) in [7, 11) is 2.12. The molecule has 1 fully saturated rings. The smallest absolute Gasteiger partial charge is 0.186 e. The number of nitrogens with one attached hydrogen (secondary N) is 1. The second kappa shape index (κ2) is 4.00. The molecule has 2 aromatic rings. The highest BCUT2D eigenvalue weighted by Gasteiger charge is 2.25. The van der Waals surface area contributed by atoms with Gasteiger partial charge in [0.25, 0.3) is 0 Å². The van der Waals surface area contributed by atoms with E-state index in [2.05, 4.69) is 22.8 Å². The van der Waals surface area contributed by atoms with Crippen molar-refractivity contribution < 1.29 is 4.79 Å².